The summed E-state index contributed by atoms with van der Waals surface area (Å²) in [5.74, 6) is 3.09. The van der Waals surface area contributed by atoms with Gasteiger partial charge in [-0.25, -0.2) is 28.0 Å². The van der Waals surface area contributed by atoms with Crippen LogP contribution in [0.25, 0.3) is 0 Å². The van der Waals surface area contributed by atoms with Crippen molar-refractivity contribution in [2.24, 2.45) is 5.84 Å². The van der Waals surface area contributed by atoms with E-state index in [9.17, 15) is 17.2 Å². The summed E-state index contributed by atoms with van der Waals surface area (Å²) in [4.78, 5) is 3.31. The number of hydrogen-bond acceptors (Lipinski definition) is 5. The predicted molar refractivity (Wildman–Crippen MR) is 74.2 cm³/mol. The summed E-state index contributed by atoms with van der Waals surface area (Å²) < 4.78 is 52.9. The number of nitrogen functional groups attached to an aromatic ring is 1. The number of hydrazine groups is 1. The number of halogens is 3. The van der Waals surface area contributed by atoms with E-state index in [0.717, 1.165) is 30.5 Å². The van der Waals surface area contributed by atoms with Crippen LogP contribution in [0.1, 0.15) is 0 Å². The molecule has 0 aliphatic carbocycles. The highest BCUT2D eigenvalue weighted by molar-refractivity contribution is 7.92. The lowest BCUT2D eigenvalue weighted by Crippen LogP contribution is -2.16. The molecule has 1 heterocycles. The molecular formula is C11H9ClF2N4O2S. The molecule has 10 heteroatoms. The van der Waals surface area contributed by atoms with Crippen molar-refractivity contribution in [3.63, 3.8) is 0 Å². The zero-order valence-corrected chi connectivity index (χ0v) is 11.8. The molecule has 0 aliphatic rings. The van der Waals surface area contributed by atoms with Gasteiger partial charge in [-0.2, -0.15) is 0 Å². The first-order valence-corrected chi connectivity index (χ1v) is 7.30. The number of nitrogens with zero attached hydrogens (tertiary/aromatic N) is 1. The van der Waals surface area contributed by atoms with Crippen molar-refractivity contribution in [1.82, 2.24) is 4.98 Å². The molecule has 0 bridgehead atoms. The highest BCUT2D eigenvalue weighted by Gasteiger charge is 2.20. The molecule has 0 amide bonds. The summed E-state index contributed by atoms with van der Waals surface area (Å²) in [5, 5.41) is -0.0608. The van der Waals surface area contributed by atoms with Gasteiger partial charge in [-0.15, -0.1) is 0 Å². The van der Waals surface area contributed by atoms with Crippen LogP contribution in [-0.2, 0) is 10.0 Å². The minimum absolute atomic E-state index is 0.0608. The van der Waals surface area contributed by atoms with Crippen LogP contribution >= 0.6 is 11.6 Å². The third-order valence-corrected chi connectivity index (χ3v) is 4.07. The Morgan fingerprint density at radius 3 is 2.38 bits per heavy atom. The molecule has 1 aromatic heterocycles. The second kappa shape index (κ2) is 5.80. The van der Waals surface area contributed by atoms with Gasteiger partial charge in [-0.05, 0) is 18.2 Å². The highest BCUT2D eigenvalue weighted by Crippen LogP contribution is 2.25. The van der Waals surface area contributed by atoms with E-state index in [-0.39, 0.29) is 15.7 Å². The maximum Gasteiger partial charge on any atom is 0.263 e. The Hall–Kier alpha value is -1.97. The fourth-order valence-electron chi connectivity index (χ4n) is 1.46. The molecule has 112 valence electrons. The lowest BCUT2D eigenvalue weighted by Gasteiger charge is -2.10. The smallest absolute Gasteiger partial charge is 0.263 e. The first-order chi connectivity index (χ1) is 9.85. The first-order valence-electron chi connectivity index (χ1n) is 5.44. The third kappa shape index (κ3) is 3.20. The van der Waals surface area contributed by atoms with E-state index in [1.165, 1.54) is 0 Å². The van der Waals surface area contributed by atoms with Crippen LogP contribution in [0.5, 0.6) is 0 Å². The fourth-order valence-corrected chi connectivity index (χ4v) is 2.79. The second-order valence-corrected chi connectivity index (χ2v) is 5.94. The molecule has 0 aliphatic heterocycles. The number of sulfonamides is 1. The van der Waals surface area contributed by atoms with Crippen molar-refractivity contribution in [1.29, 1.82) is 0 Å². The molecule has 4 N–H and O–H groups in total. The number of anilines is 2. The number of benzene rings is 1. The number of pyridine rings is 1. The Bertz CT molecular complexity index is 766. The minimum Gasteiger partial charge on any atom is -0.307 e. The Balaban J connectivity index is 2.41. The molecule has 0 saturated carbocycles. The lowest BCUT2D eigenvalue weighted by molar-refractivity contribution is 0.582. The van der Waals surface area contributed by atoms with Crippen LogP contribution in [0.2, 0.25) is 5.02 Å². The van der Waals surface area contributed by atoms with E-state index in [2.05, 4.69) is 10.4 Å². The predicted octanol–water partition coefficient (Wildman–Crippen LogP) is 2.10. The van der Waals surface area contributed by atoms with Crippen LogP contribution in [-0.4, -0.2) is 13.4 Å². The standard InChI is InChI=1S/C11H9ClF2N4O2S/c12-7-4-6(5-16-11(7)17-15)21(19,20)18-10-8(13)2-1-3-9(10)14/h1-5,18H,15H2,(H,16,17). The van der Waals surface area contributed by atoms with Crippen molar-refractivity contribution in [3.05, 3.63) is 47.1 Å². The molecule has 0 saturated heterocycles. The molecule has 2 rings (SSSR count). The van der Waals surface area contributed by atoms with Crippen molar-refractivity contribution in [2.75, 3.05) is 10.1 Å². The molecular weight excluding hydrogens is 326 g/mol. The van der Waals surface area contributed by atoms with Crippen LogP contribution in [0.4, 0.5) is 20.3 Å². The van der Waals surface area contributed by atoms with Gasteiger partial charge >= 0.3 is 0 Å². The normalized spacial score (nSPS) is 11.2. The number of hydrogen-bond donors (Lipinski definition) is 3. The van der Waals surface area contributed by atoms with E-state index in [1.807, 2.05) is 4.72 Å². The maximum atomic E-state index is 13.5. The molecule has 0 unspecified atom stereocenters. The summed E-state index contributed by atoms with van der Waals surface area (Å²) in [7, 11) is -4.25. The SMILES string of the molecule is NNc1ncc(S(=O)(=O)Nc2c(F)cccc2F)cc1Cl. The van der Waals surface area contributed by atoms with Gasteiger partial charge in [0.1, 0.15) is 22.2 Å². The molecule has 0 atom stereocenters. The fraction of sp³-hybridized carbons (Fsp3) is 0. The van der Waals surface area contributed by atoms with Crippen molar-refractivity contribution in [2.45, 2.75) is 4.90 Å². The number of aromatic nitrogens is 1. The molecule has 1 aromatic carbocycles. The molecule has 0 fully saturated rings. The van der Waals surface area contributed by atoms with Crippen LogP contribution in [0, 0.1) is 11.6 Å². The van der Waals surface area contributed by atoms with Gasteiger partial charge in [-0.1, -0.05) is 17.7 Å². The van der Waals surface area contributed by atoms with Crippen molar-refractivity contribution < 1.29 is 17.2 Å². The average Bonchev–Trinajstić information content (AvgIpc) is 2.43. The number of para-hydroxylation sites is 1. The molecule has 2 aromatic rings. The monoisotopic (exact) mass is 334 g/mol. The lowest BCUT2D eigenvalue weighted by atomic mass is 10.3. The Morgan fingerprint density at radius 2 is 1.86 bits per heavy atom. The number of nitrogens with one attached hydrogen (secondary N) is 2. The summed E-state index contributed by atoms with van der Waals surface area (Å²) in [6.07, 6.45) is 0.947. The molecule has 0 spiro atoms. The van der Waals surface area contributed by atoms with E-state index in [0.29, 0.717) is 0 Å². The Morgan fingerprint density at radius 1 is 1.24 bits per heavy atom. The largest absolute Gasteiger partial charge is 0.307 e. The van der Waals surface area contributed by atoms with E-state index >= 15 is 0 Å². The quantitative estimate of drug-likeness (QED) is 0.587. The average molecular weight is 335 g/mol. The van der Waals surface area contributed by atoms with Gasteiger partial charge in [0.15, 0.2) is 5.82 Å². The molecule has 21 heavy (non-hydrogen) atoms. The minimum atomic E-state index is -4.25. The van der Waals surface area contributed by atoms with Crippen LogP contribution in [0.15, 0.2) is 35.4 Å². The third-order valence-electron chi connectivity index (χ3n) is 2.46. The van der Waals surface area contributed by atoms with Crippen molar-refractivity contribution >= 4 is 33.1 Å². The Labute approximate surface area is 124 Å². The van der Waals surface area contributed by atoms with Gasteiger partial charge in [-0.3, -0.25) is 4.72 Å². The Kier molecular flexibility index (Phi) is 4.26. The topological polar surface area (TPSA) is 97.1 Å². The van der Waals surface area contributed by atoms with Crippen molar-refractivity contribution in [3.8, 4) is 0 Å². The summed E-state index contributed by atoms with van der Waals surface area (Å²) in [6.45, 7) is 0. The number of nitrogens with two attached hydrogens (primary N) is 1. The van der Waals surface area contributed by atoms with Gasteiger partial charge < -0.3 is 5.43 Å². The zero-order valence-electron chi connectivity index (χ0n) is 10.3. The van der Waals surface area contributed by atoms with Crippen LogP contribution < -0.4 is 16.0 Å². The van der Waals surface area contributed by atoms with E-state index in [1.54, 1.807) is 0 Å². The van der Waals surface area contributed by atoms with Gasteiger partial charge in [0.25, 0.3) is 10.0 Å². The van der Waals surface area contributed by atoms with E-state index in [4.69, 9.17) is 17.4 Å². The summed E-state index contributed by atoms with van der Waals surface area (Å²) in [6, 6.07) is 4.01. The summed E-state index contributed by atoms with van der Waals surface area (Å²) in [5.41, 5.74) is 1.38. The zero-order chi connectivity index (χ0) is 15.6. The van der Waals surface area contributed by atoms with E-state index < -0.39 is 27.3 Å². The summed E-state index contributed by atoms with van der Waals surface area (Å²) >= 11 is 5.76. The molecule has 0 radical (unpaired) electrons. The van der Waals surface area contributed by atoms with Crippen LogP contribution in [0.3, 0.4) is 0 Å². The number of rotatable bonds is 4. The molecule has 6 nitrogen and oxygen atoms in total. The van der Waals surface area contributed by atoms with Gasteiger partial charge in [0.05, 0.1) is 5.02 Å². The first kappa shape index (κ1) is 15.4. The van der Waals surface area contributed by atoms with Gasteiger partial charge in [0.2, 0.25) is 0 Å². The van der Waals surface area contributed by atoms with Gasteiger partial charge in [0, 0.05) is 6.20 Å². The maximum absolute atomic E-state index is 13.5. The highest BCUT2D eigenvalue weighted by atomic mass is 35.5. The second-order valence-electron chi connectivity index (χ2n) is 3.85.